The number of rotatable bonds is 4. The maximum atomic E-state index is 12.2. The second-order valence-electron chi connectivity index (χ2n) is 3.39. The van der Waals surface area contributed by atoms with Gasteiger partial charge in [-0.3, -0.25) is 0 Å². The van der Waals surface area contributed by atoms with E-state index in [1.807, 2.05) is 0 Å². The predicted octanol–water partition coefficient (Wildman–Crippen LogP) is 2.81. The summed E-state index contributed by atoms with van der Waals surface area (Å²) in [5.41, 5.74) is 1.45. The normalized spacial score (nSPS) is 12.9. The molecule has 18 heavy (non-hydrogen) atoms. The lowest BCUT2D eigenvalue weighted by Gasteiger charge is -2.14. The molecule has 1 rings (SSSR count). The summed E-state index contributed by atoms with van der Waals surface area (Å²) < 4.78 is 36.5. The lowest BCUT2D eigenvalue weighted by molar-refractivity contribution is -0.0328. The molecule has 0 bridgehead atoms. The van der Waals surface area contributed by atoms with Crippen LogP contribution in [0.25, 0.3) is 0 Å². The van der Waals surface area contributed by atoms with Gasteiger partial charge in [0.2, 0.25) is 0 Å². The smallest absolute Gasteiger partial charge is 0.446 e. The van der Waals surface area contributed by atoms with Crippen LogP contribution in [0.5, 0.6) is 5.75 Å². The highest BCUT2D eigenvalue weighted by Gasteiger charge is 2.29. The Morgan fingerprint density at radius 1 is 1.33 bits per heavy atom. The zero-order valence-electron chi connectivity index (χ0n) is 9.15. The standard InChI is InChI=1S/C10H12F3NO2S.ClH/c11-10(12,13)17-6-1-2-9(16)7(5-6)8(14)3-4-15;/h1-2,5,8,15-16H,3-4,14H2;1H/t8-;/m1./s1. The SMILES string of the molecule is Cl.N[C@H](CCO)c1cc(SC(F)(F)F)ccc1O. The number of hydrogen-bond acceptors (Lipinski definition) is 4. The third-order valence-corrected chi connectivity index (χ3v) is 2.79. The van der Waals surface area contributed by atoms with Gasteiger partial charge >= 0.3 is 5.51 Å². The number of benzene rings is 1. The zero-order valence-corrected chi connectivity index (χ0v) is 10.8. The molecule has 0 radical (unpaired) electrons. The van der Waals surface area contributed by atoms with Gasteiger partial charge in [0, 0.05) is 23.1 Å². The number of hydrogen-bond donors (Lipinski definition) is 3. The fourth-order valence-corrected chi connectivity index (χ4v) is 1.91. The zero-order chi connectivity index (χ0) is 13.1. The number of phenols is 1. The van der Waals surface area contributed by atoms with E-state index in [2.05, 4.69) is 0 Å². The molecule has 0 saturated carbocycles. The van der Waals surface area contributed by atoms with E-state index in [0.29, 0.717) is 0 Å². The van der Waals surface area contributed by atoms with Crippen LogP contribution in [0.15, 0.2) is 23.1 Å². The Morgan fingerprint density at radius 3 is 2.44 bits per heavy atom. The first-order chi connectivity index (χ1) is 7.83. The number of aliphatic hydroxyl groups is 1. The molecular formula is C10H13ClF3NO2S. The molecule has 0 aliphatic carbocycles. The van der Waals surface area contributed by atoms with Crippen LogP contribution in [0.4, 0.5) is 13.2 Å². The Labute approximate surface area is 113 Å². The van der Waals surface area contributed by atoms with Crippen LogP contribution in [0.1, 0.15) is 18.0 Å². The Hall–Kier alpha value is -0.630. The topological polar surface area (TPSA) is 66.5 Å². The van der Waals surface area contributed by atoms with Gasteiger partial charge in [0.05, 0.1) is 0 Å². The van der Waals surface area contributed by atoms with Crippen molar-refractivity contribution in [2.75, 3.05) is 6.61 Å². The summed E-state index contributed by atoms with van der Waals surface area (Å²) in [6.07, 6.45) is 0.174. The number of phenolic OH excluding ortho intramolecular Hbond substituents is 1. The molecule has 0 saturated heterocycles. The van der Waals surface area contributed by atoms with E-state index >= 15 is 0 Å². The van der Waals surface area contributed by atoms with Gasteiger partial charge < -0.3 is 15.9 Å². The molecule has 0 heterocycles. The number of alkyl halides is 3. The molecule has 104 valence electrons. The van der Waals surface area contributed by atoms with Gasteiger partial charge in [0.1, 0.15) is 5.75 Å². The molecule has 0 unspecified atom stereocenters. The van der Waals surface area contributed by atoms with Crippen LogP contribution >= 0.6 is 24.2 Å². The Morgan fingerprint density at radius 2 is 1.94 bits per heavy atom. The largest absolute Gasteiger partial charge is 0.508 e. The molecular weight excluding hydrogens is 291 g/mol. The number of aliphatic hydroxyl groups excluding tert-OH is 1. The van der Waals surface area contributed by atoms with Crippen molar-refractivity contribution >= 4 is 24.2 Å². The van der Waals surface area contributed by atoms with Crippen molar-refractivity contribution < 1.29 is 23.4 Å². The van der Waals surface area contributed by atoms with E-state index < -0.39 is 11.6 Å². The monoisotopic (exact) mass is 303 g/mol. The van der Waals surface area contributed by atoms with E-state index in [1.165, 1.54) is 18.2 Å². The molecule has 1 aromatic carbocycles. The fraction of sp³-hybridized carbons (Fsp3) is 0.400. The molecule has 4 N–H and O–H groups in total. The highest BCUT2D eigenvalue weighted by Crippen LogP contribution is 2.39. The minimum atomic E-state index is -4.38. The van der Waals surface area contributed by atoms with Crippen molar-refractivity contribution in [2.24, 2.45) is 5.73 Å². The molecule has 1 atom stereocenters. The maximum absolute atomic E-state index is 12.2. The number of halogens is 4. The fourth-order valence-electron chi connectivity index (χ4n) is 1.32. The minimum Gasteiger partial charge on any atom is -0.508 e. The van der Waals surface area contributed by atoms with Gasteiger partial charge in [-0.05, 0) is 36.4 Å². The van der Waals surface area contributed by atoms with Gasteiger partial charge in [-0.25, -0.2) is 0 Å². The summed E-state index contributed by atoms with van der Waals surface area (Å²) in [6.45, 7) is -0.197. The number of aromatic hydroxyl groups is 1. The number of thioether (sulfide) groups is 1. The number of nitrogens with two attached hydrogens (primary N) is 1. The quantitative estimate of drug-likeness (QED) is 0.748. The van der Waals surface area contributed by atoms with E-state index in [4.69, 9.17) is 10.8 Å². The third kappa shape index (κ3) is 5.34. The molecule has 0 aliphatic heterocycles. The van der Waals surface area contributed by atoms with Crippen molar-refractivity contribution in [3.05, 3.63) is 23.8 Å². The van der Waals surface area contributed by atoms with Crippen LogP contribution in [-0.4, -0.2) is 22.3 Å². The minimum absolute atomic E-state index is 0. The second kappa shape index (κ2) is 7.08. The van der Waals surface area contributed by atoms with Crippen molar-refractivity contribution in [1.29, 1.82) is 0 Å². The lowest BCUT2D eigenvalue weighted by Crippen LogP contribution is -2.12. The summed E-state index contributed by atoms with van der Waals surface area (Å²) in [6, 6.07) is 2.84. The average molecular weight is 304 g/mol. The van der Waals surface area contributed by atoms with Gasteiger partial charge in [-0.15, -0.1) is 12.4 Å². The van der Waals surface area contributed by atoms with Gasteiger partial charge in [-0.2, -0.15) is 13.2 Å². The highest BCUT2D eigenvalue weighted by atomic mass is 35.5. The Kier molecular flexibility index (Phi) is 6.83. The van der Waals surface area contributed by atoms with Crippen LogP contribution in [0.3, 0.4) is 0 Å². The Balaban J connectivity index is 0.00000289. The first-order valence-electron chi connectivity index (χ1n) is 4.78. The first kappa shape index (κ1) is 17.4. The summed E-state index contributed by atoms with van der Waals surface area (Å²) >= 11 is -0.270. The summed E-state index contributed by atoms with van der Waals surface area (Å²) in [5, 5.41) is 18.2. The molecule has 0 fully saturated rings. The van der Waals surface area contributed by atoms with Crippen LogP contribution in [0.2, 0.25) is 0 Å². The van der Waals surface area contributed by atoms with E-state index in [-0.39, 0.29) is 53.4 Å². The molecule has 8 heteroatoms. The molecule has 0 amide bonds. The van der Waals surface area contributed by atoms with Crippen molar-refractivity contribution in [2.45, 2.75) is 22.9 Å². The predicted molar refractivity (Wildman–Crippen MR) is 65.9 cm³/mol. The van der Waals surface area contributed by atoms with Gasteiger partial charge in [-0.1, -0.05) is 0 Å². The lowest BCUT2D eigenvalue weighted by atomic mass is 10.0. The molecule has 1 aromatic rings. The van der Waals surface area contributed by atoms with Crippen molar-refractivity contribution in [1.82, 2.24) is 0 Å². The van der Waals surface area contributed by atoms with Crippen molar-refractivity contribution in [3.63, 3.8) is 0 Å². The maximum Gasteiger partial charge on any atom is 0.446 e. The van der Waals surface area contributed by atoms with Crippen LogP contribution in [-0.2, 0) is 0 Å². The third-order valence-electron chi connectivity index (χ3n) is 2.07. The van der Waals surface area contributed by atoms with E-state index in [9.17, 15) is 18.3 Å². The van der Waals surface area contributed by atoms with Gasteiger partial charge in [0.25, 0.3) is 0 Å². The highest BCUT2D eigenvalue weighted by molar-refractivity contribution is 8.00. The summed E-state index contributed by atoms with van der Waals surface area (Å²) in [5.74, 6) is -0.169. The van der Waals surface area contributed by atoms with Gasteiger partial charge in [0.15, 0.2) is 0 Å². The summed E-state index contributed by atoms with van der Waals surface area (Å²) in [4.78, 5) is -0.0429. The average Bonchev–Trinajstić information content (AvgIpc) is 2.19. The molecule has 0 aliphatic rings. The van der Waals surface area contributed by atoms with E-state index in [1.54, 1.807) is 0 Å². The van der Waals surface area contributed by atoms with E-state index in [0.717, 1.165) is 0 Å². The van der Waals surface area contributed by atoms with Crippen molar-refractivity contribution in [3.8, 4) is 5.75 Å². The molecule has 0 spiro atoms. The summed E-state index contributed by atoms with van der Waals surface area (Å²) in [7, 11) is 0. The van der Waals surface area contributed by atoms with Crippen LogP contribution < -0.4 is 5.73 Å². The second-order valence-corrected chi connectivity index (χ2v) is 4.53. The Bertz CT molecular complexity index is 390. The first-order valence-corrected chi connectivity index (χ1v) is 5.60. The molecule has 3 nitrogen and oxygen atoms in total. The van der Waals surface area contributed by atoms with Crippen LogP contribution in [0, 0.1) is 0 Å². The molecule has 0 aromatic heterocycles.